The minimum atomic E-state index is 0.168. The molecule has 1 fully saturated rings. The van der Waals surface area contributed by atoms with Crippen LogP contribution in [0.2, 0.25) is 0 Å². The summed E-state index contributed by atoms with van der Waals surface area (Å²) in [6.45, 7) is 3.44. The summed E-state index contributed by atoms with van der Waals surface area (Å²) in [5.41, 5.74) is 3.15. The zero-order valence-electron chi connectivity index (χ0n) is 15.5. The van der Waals surface area contributed by atoms with Gasteiger partial charge in [0.1, 0.15) is 0 Å². The summed E-state index contributed by atoms with van der Waals surface area (Å²) in [6.07, 6.45) is 10.2. The van der Waals surface area contributed by atoms with Crippen LogP contribution in [-0.2, 0) is 6.54 Å². The van der Waals surface area contributed by atoms with E-state index in [4.69, 9.17) is 0 Å². The Morgan fingerprint density at radius 2 is 2.04 bits per heavy atom. The Bertz CT molecular complexity index is 896. The number of aryl methyl sites for hydroxylation is 1. The van der Waals surface area contributed by atoms with Crippen LogP contribution in [0.25, 0.3) is 11.3 Å². The fourth-order valence-corrected chi connectivity index (χ4v) is 4.58. The maximum absolute atomic E-state index is 13.1. The van der Waals surface area contributed by atoms with E-state index >= 15 is 0 Å². The van der Waals surface area contributed by atoms with Crippen molar-refractivity contribution in [2.24, 2.45) is 0 Å². The molecular formula is C21H24N4OS. The number of hydrogen-bond donors (Lipinski definition) is 0. The molecule has 0 aliphatic heterocycles. The van der Waals surface area contributed by atoms with E-state index in [-0.39, 0.29) is 5.91 Å². The van der Waals surface area contributed by atoms with Gasteiger partial charge < -0.3 is 4.90 Å². The average Bonchev–Trinajstić information content (AvgIpc) is 3.44. The van der Waals surface area contributed by atoms with Crippen LogP contribution in [0.3, 0.4) is 0 Å². The molecule has 140 valence electrons. The minimum absolute atomic E-state index is 0.168. The molecule has 4 rings (SSSR count). The lowest BCUT2D eigenvalue weighted by atomic mass is 10.2. The zero-order chi connectivity index (χ0) is 18.6. The summed E-state index contributed by atoms with van der Waals surface area (Å²) in [5.74, 6) is 0.168. The van der Waals surface area contributed by atoms with Crippen molar-refractivity contribution in [1.29, 1.82) is 0 Å². The number of nitrogens with zero attached hydrogens (tertiary/aromatic N) is 4. The lowest BCUT2D eigenvalue weighted by Gasteiger charge is -2.28. The van der Waals surface area contributed by atoms with E-state index in [0.29, 0.717) is 19.1 Å². The first-order chi connectivity index (χ1) is 13.2. The maximum atomic E-state index is 13.1. The van der Waals surface area contributed by atoms with Crippen molar-refractivity contribution in [2.45, 2.75) is 45.2 Å². The van der Waals surface area contributed by atoms with E-state index in [1.807, 2.05) is 42.1 Å². The van der Waals surface area contributed by atoms with Gasteiger partial charge in [0, 0.05) is 36.7 Å². The summed E-state index contributed by atoms with van der Waals surface area (Å²) in [7, 11) is 0. The predicted octanol–water partition coefficient (Wildman–Crippen LogP) is 4.40. The highest BCUT2D eigenvalue weighted by atomic mass is 32.1. The van der Waals surface area contributed by atoms with Crippen molar-refractivity contribution >= 4 is 17.2 Å². The molecule has 6 heteroatoms. The van der Waals surface area contributed by atoms with Crippen LogP contribution in [0.4, 0.5) is 0 Å². The van der Waals surface area contributed by atoms with Crippen molar-refractivity contribution in [2.75, 3.05) is 6.54 Å². The first-order valence-electron chi connectivity index (χ1n) is 9.50. The van der Waals surface area contributed by atoms with Crippen molar-refractivity contribution in [3.63, 3.8) is 0 Å². The molecule has 3 aromatic rings. The number of thiophene rings is 1. The normalized spacial score (nSPS) is 14.6. The zero-order valence-corrected chi connectivity index (χ0v) is 16.4. The number of hydrogen-bond acceptors (Lipinski definition) is 4. The molecule has 0 atom stereocenters. The Balaban J connectivity index is 1.47. The third-order valence-electron chi connectivity index (χ3n) is 5.15. The van der Waals surface area contributed by atoms with Crippen molar-refractivity contribution in [1.82, 2.24) is 19.7 Å². The third-order valence-corrected chi connectivity index (χ3v) is 6.19. The van der Waals surface area contributed by atoms with E-state index in [2.05, 4.69) is 20.4 Å². The Kier molecular flexibility index (Phi) is 5.34. The van der Waals surface area contributed by atoms with Gasteiger partial charge in [0.15, 0.2) is 0 Å². The maximum Gasteiger partial charge on any atom is 0.264 e. The number of pyridine rings is 1. The number of carbonyl (C=O) groups is 1. The van der Waals surface area contributed by atoms with Gasteiger partial charge in [0.05, 0.1) is 17.1 Å². The smallest absolute Gasteiger partial charge is 0.264 e. The molecule has 3 aromatic heterocycles. The summed E-state index contributed by atoms with van der Waals surface area (Å²) in [4.78, 5) is 20.1. The van der Waals surface area contributed by atoms with Gasteiger partial charge in [-0.2, -0.15) is 5.10 Å². The Morgan fingerprint density at radius 1 is 1.26 bits per heavy atom. The standard InChI is InChI=1S/C21H24N4OS/c1-16-14-20(27-15-16)21(26)25(18-4-2-3-5-18)13-12-24-11-8-19(23-24)17-6-9-22-10-7-17/h6-11,14-15,18H,2-5,12-13H2,1H3. The molecule has 5 nitrogen and oxygen atoms in total. The topological polar surface area (TPSA) is 51.0 Å². The minimum Gasteiger partial charge on any atom is -0.333 e. The molecule has 0 unspecified atom stereocenters. The lowest BCUT2D eigenvalue weighted by molar-refractivity contribution is 0.0676. The second-order valence-corrected chi connectivity index (χ2v) is 8.04. The molecule has 0 spiro atoms. The fourth-order valence-electron chi connectivity index (χ4n) is 3.72. The van der Waals surface area contributed by atoms with E-state index in [9.17, 15) is 4.79 Å². The third kappa shape index (κ3) is 4.11. The van der Waals surface area contributed by atoms with Crippen LogP contribution >= 0.6 is 11.3 Å². The highest BCUT2D eigenvalue weighted by Crippen LogP contribution is 2.26. The van der Waals surface area contributed by atoms with Gasteiger partial charge in [-0.15, -0.1) is 11.3 Å². The first-order valence-corrected chi connectivity index (χ1v) is 10.4. The first kappa shape index (κ1) is 17.9. The van der Waals surface area contributed by atoms with Crippen molar-refractivity contribution < 1.29 is 4.79 Å². The molecule has 0 radical (unpaired) electrons. The quantitative estimate of drug-likeness (QED) is 0.637. The van der Waals surface area contributed by atoms with Crippen molar-refractivity contribution in [3.05, 3.63) is 58.7 Å². The lowest BCUT2D eigenvalue weighted by Crippen LogP contribution is -2.40. The molecule has 3 heterocycles. The number of amides is 1. The molecule has 0 saturated heterocycles. The van der Waals surface area contributed by atoms with Gasteiger partial charge in [0.2, 0.25) is 0 Å². The monoisotopic (exact) mass is 380 g/mol. The molecular weight excluding hydrogens is 356 g/mol. The van der Waals surface area contributed by atoms with Gasteiger partial charge in [-0.3, -0.25) is 14.5 Å². The number of aromatic nitrogens is 3. The average molecular weight is 381 g/mol. The molecule has 1 aliphatic carbocycles. The Morgan fingerprint density at radius 3 is 2.74 bits per heavy atom. The molecule has 27 heavy (non-hydrogen) atoms. The molecule has 0 N–H and O–H groups in total. The highest BCUT2D eigenvalue weighted by molar-refractivity contribution is 7.12. The van der Waals surface area contributed by atoms with E-state index in [1.165, 1.54) is 12.8 Å². The van der Waals surface area contributed by atoms with Crippen LogP contribution in [0.5, 0.6) is 0 Å². The van der Waals surface area contributed by atoms with Crippen LogP contribution < -0.4 is 0 Å². The molecule has 1 saturated carbocycles. The highest BCUT2D eigenvalue weighted by Gasteiger charge is 2.28. The Hall–Kier alpha value is -2.47. The molecule has 0 aromatic carbocycles. The molecule has 1 amide bonds. The molecule has 1 aliphatic rings. The number of carbonyl (C=O) groups excluding carboxylic acids is 1. The van der Waals surface area contributed by atoms with Gasteiger partial charge in [-0.25, -0.2) is 0 Å². The SMILES string of the molecule is Cc1csc(C(=O)N(CCn2ccc(-c3ccncc3)n2)C2CCCC2)c1. The van der Waals surface area contributed by atoms with Crippen LogP contribution in [0, 0.1) is 6.92 Å². The van der Waals surface area contributed by atoms with Crippen molar-refractivity contribution in [3.8, 4) is 11.3 Å². The summed E-state index contributed by atoms with van der Waals surface area (Å²) >= 11 is 1.55. The largest absolute Gasteiger partial charge is 0.333 e. The Labute approximate surface area is 163 Å². The fraction of sp³-hybridized carbons (Fsp3) is 0.381. The van der Waals surface area contributed by atoms with E-state index < -0.39 is 0 Å². The van der Waals surface area contributed by atoms with Gasteiger partial charge in [0.25, 0.3) is 5.91 Å². The van der Waals surface area contributed by atoms with E-state index in [0.717, 1.165) is 34.5 Å². The second-order valence-electron chi connectivity index (χ2n) is 7.13. The predicted molar refractivity (Wildman–Crippen MR) is 108 cm³/mol. The van der Waals surface area contributed by atoms with Crippen LogP contribution in [0.1, 0.15) is 40.9 Å². The van der Waals surface area contributed by atoms with Gasteiger partial charge in [-0.1, -0.05) is 12.8 Å². The van der Waals surface area contributed by atoms with Crippen LogP contribution in [0.15, 0.2) is 48.2 Å². The van der Waals surface area contributed by atoms with E-state index in [1.54, 1.807) is 23.7 Å². The number of rotatable bonds is 6. The van der Waals surface area contributed by atoms with Gasteiger partial charge >= 0.3 is 0 Å². The summed E-state index contributed by atoms with van der Waals surface area (Å²) in [6, 6.07) is 8.29. The van der Waals surface area contributed by atoms with Crippen LogP contribution in [-0.4, -0.2) is 38.2 Å². The molecule has 0 bridgehead atoms. The summed E-state index contributed by atoms with van der Waals surface area (Å²) in [5, 5.41) is 6.72. The second kappa shape index (κ2) is 8.05. The van der Waals surface area contributed by atoms with Gasteiger partial charge in [-0.05, 0) is 55.0 Å². The summed E-state index contributed by atoms with van der Waals surface area (Å²) < 4.78 is 1.94.